The number of anilines is 1. The Bertz CT molecular complexity index is 660. The molecule has 3 rings (SSSR count). The van der Waals surface area contributed by atoms with E-state index in [-0.39, 0.29) is 12.5 Å². The van der Waals surface area contributed by atoms with Crippen molar-refractivity contribution in [3.8, 4) is 5.75 Å². The number of hydrogen-bond donors (Lipinski definition) is 1. The molecule has 20 heavy (non-hydrogen) atoms. The zero-order chi connectivity index (χ0) is 14.1. The first kappa shape index (κ1) is 13.2. The highest BCUT2D eigenvalue weighted by molar-refractivity contribution is 7.08. The predicted molar refractivity (Wildman–Crippen MR) is 81.8 cm³/mol. The lowest BCUT2D eigenvalue weighted by atomic mass is 10.0. The molecule has 1 aromatic carbocycles. The second-order valence-corrected chi connectivity index (χ2v) is 5.95. The van der Waals surface area contributed by atoms with Gasteiger partial charge < -0.3 is 10.1 Å². The van der Waals surface area contributed by atoms with Gasteiger partial charge in [-0.15, -0.1) is 0 Å². The molecule has 0 saturated heterocycles. The van der Waals surface area contributed by atoms with Crippen molar-refractivity contribution < 1.29 is 9.53 Å². The summed E-state index contributed by atoms with van der Waals surface area (Å²) in [7, 11) is 0. The summed E-state index contributed by atoms with van der Waals surface area (Å²) in [5, 5.41) is 7.28. The summed E-state index contributed by atoms with van der Waals surface area (Å²) >= 11 is 1.75. The number of carbonyl (C=O) groups is 1. The number of aryl methyl sites for hydroxylation is 4. The summed E-state index contributed by atoms with van der Waals surface area (Å²) in [5.74, 6) is 0.725. The molecule has 104 valence electrons. The van der Waals surface area contributed by atoms with Gasteiger partial charge >= 0.3 is 0 Å². The van der Waals surface area contributed by atoms with E-state index in [4.69, 9.17) is 4.74 Å². The zero-order valence-corrected chi connectivity index (χ0v) is 12.5. The van der Waals surface area contributed by atoms with Gasteiger partial charge in [0, 0.05) is 0 Å². The van der Waals surface area contributed by atoms with E-state index >= 15 is 0 Å². The van der Waals surface area contributed by atoms with Gasteiger partial charge in [0.2, 0.25) is 0 Å². The van der Waals surface area contributed by atoms with Gasteiger partial charge in [-0.25, -0.2) is 0 Å². The van der Waals surface area contributed by atoms with Gasteiger partial charge in [-0.3, -0.25) is 4.79 Å². The molecule has 0 saturated carbocycles. The van der Waals surface area contributed by atoms with Crippen LogP contribution in [0.1, 0.15) is 22.3 Å². The number of amides is 1. The van der Waals surface area contributed by atoms with Gasteiger partial charge in [-0.2, -0.15) is 11.3 Å². The van der Waals surface area contributed by atoms with Crippen molar-refractivity contribution in [3.63, 3.8) is 0 Å². The molecule has 1 aliphatic heterocycles. The largest absolute Gasteiger partial charge is 0.481 e. The molecule has 0 bridgehead atoms. The van der Waals surface area contributed by atoms with E-state index in [2.05, 4.69) is 29.1 Å². The van der Waals surface area contributed by atoms with Crippen LogP contribution >= 0.6 is 11.3 Å². The Morgan fingerprint density at radius 2 is 2.05 bits per heavy atom. The van der Waals surface area contributed by atoms with Crippen LogP contribution in [0.25, 0.3) is 0 Å². The summed E-state index contributed by atoms with van der Waals surface area (Å²) < 4.78 is 5.48. The first-order valence-electron chi connectivity index (χ1n) is 6.71. The van der Waals surface area contributed by atoms with Crippen molar-refractivity contribution in [2.75, 3.05) is 11.9 Å². The Labute approximate surface area is 122 Å². The lowest BCUT2D eigenvalue weighted by molar-refractivity contribution is -0.118. The Morgan fingerprint density at radius 3 is 2.80 bits per heavy atom. The highest BCUT2D eigenvalue weighted by Gasteiger charge is 2.18. The molecule has 1 amide bonds. The van der Waals surface area contributed by atoms with Crippen LogP contribution in [0.4, 0.5) is 5.69 Å². The molecular formula is C16H17NO2S. The van der Waals surface area contributed by atoms with Gasteiger partial charge in [0.1, 0.15) is 5.75 Å². The molecule has 1 aliphatic rings. The summed E-state index contributed by atoms with van der Waals surface area (Å²) in [6, 6.07) is 4.18. The number of hydrogen-bond acceptors (Lipinski definition) is 3. The highest BCUT2D eigenvalue weighted by atomic mass is 32.1. The molecule has 4 heteroatoms. The van der Waals surface area contributed by atoms with Crippen molar-refractivity contribution in [1.82, 2.24) is 0 Å². The van der Waals surface area contributed by atoms with E-state index in [9.17, 15) is 4.79 Å². The van der Waals surface area contributed by atoms with Crippen molar-refractivity contribution in [3.05, 3.63) is 45.1 Å². The summed E-state index contributed by atoms with van der Waals surface area (Å²) in [5.41, 5.74) is 5.89. The van der Waals surface area contributed by atoms with E-state index in [0.717, 1.165) is 29.8 Å². The van der Waals surface area contributed by atoms with Crippen LogP contribution in [-0.2, 0) is 17.6 Å². The molecular weight excluding hydrogens is 270 g/mol. The van der Waals surface area contributed by atoms with Gasteiger partial charge in [0.25, 0.3) is 5.91 Å². The molecule has 0 unspecified atom stereocenters. The van der Waals surface area contributed by atoms with Crippen molar-refractivity contribution in [2.45, 2.75) is 26.7 Å². The van der Waals surface area contributed by atoms with Gasteiger partial charge in [0.15, 0.2) is 6.61 Å². The van der Waals surface area contributed by atoms with E-state index in [1.165, 1.54) is 16.7 Å². The van der Waals surface area contributed by atoms with Crippen LogP contribution in [0.3, 0.4) is 0 Å². The number of benzene rings is 1. The molecule has 0 spiro atoms. The first-order valence-corrected chi connectivity index (χ1v) is 7.65. The average molecular weight is 287 g/mol. The van der Waals surface area contributed by atoms with E-state index in [1.807, 2.05) is 13.0 Å². The molecule has 0 aliphatic carbocycles. The lowest BCUT2D eigenvalue weighted by Crippen LogP contribution is -2.26. The number of thiophene rings is 1. The van der Waals surface area contributed by atoms with Gasteiger partial charge in [0.05, 0.1) is 5.69 Å². The van der Waals surface area contributed by atoms with E-state index in [0.29, 0.717) is 0 Å². The fourth-order valence-electron chi connectivity index (χ4n) is 2.52. The monoisotopic (exact) mass is 287 g/mol. The van der Waals surface area contributed by atoms with Crippen LogP contribution in [0, 0.1) is 13.8 Å². The topological polar surface area (TPSA) is 38.3 Å². The predicted octanol–water partition coefficient (Wildman–Crippen LogP) is 3.48. The van der Waals surface area contributed by atoms with Crippen molar-refractivity contribution in [1.29, 1.82) is 0 Å². The number of carbonyl (C=O) groups excluding carboxylic acids is 1. The van der Waals surface area contributed by atoms with E-state index < -0.39 is 0 Å². The standard InChI is InChI=1S/C16H17NO2S/c1-10-5-12(3-4-13-9-20-8-11(13)2)6-14-16(10)19-7-15(18)17-14/h5-6,8-9H,3-4,7H2,1-2H3,(H,17,18). The quantitative estimate of drug-likeness (QED) is 0.938. The second-order valence-electron chi connectivity index (χ2n) is 5.21. The Kier molecular flexibility index (Phi) is 3.49. The number of fused-ring (bicyclic) bond motifs is 1. The third-order valence-corrected chi connectivity index (χ3v) is 4.51. The molecule has 2 heterocycles. The normalized spacial score (nSPS) is 13.6. The van der Waals surface area contributed by atoms with Gasteiger partial charge in [-0.1, -0.05) is 6.07 Å². The molecule has 3 nitrogen and oxygen atoms in total. The summed E-state index contributed by atoms with van der Waals surface area (Å²) in [6.07, 6.45) is 2.00. The first-order chi connectivity index (χ1) is 9.63. The maximum Gasteiger partial charge on any atom is 0.262 e. The summed E-state index contributed by atoms with van der Waals surface area (Å²) in [4.78, 5) is 11.4. The van der Waals surface area contributed by atoms with Crippen LogP contribution in [0.5, 0.6) is 5.75 Å². The summed E-state index contributed by atoms with van der Waals surface area (Å²) in [6.45, 7) is 4.29. The third-order valence-electron chi connectivity index (χ3n) is 3.60. The van der Waals surface area contributed by atoms with E-state index in [1.54, 1.807) is 11.3 Å². The minimum atomic E-state index is -0.0808. The Morgan fingerprint density at radius 1 is 1.20 bits per heavy atom. The van der Waals surface area contributed by atoms with Gasteiger partial charge in [-0.05, 0) is 65.8 Å². The maximum atomic E-state index is 11.4. The molecule has 2 aromatic rings. The molecule has 0 radical (unpaired) electrons. The molecule has 0 fully saturated rings. The van der Waals surface area contributed by atoms with Crippen molar-refractivity contribution >= 4 is 22.9 Å². The second kappa shape index (κ2) is 5.29. The average Bonchev–Trinajstić information content (AvgIpc) is 2.81. The fourth-order valence-corrected chi connectivity index (χ4v) is 3.41. The fraction of sp³-hybridized carbons (Fsp3) is 0.312. The highest BCUT2D eigenvalue weighted by Crippen LogP contribution is 2.33. The molecule has 1 aromatic heterocycles. The Hall–Kier alpha value is -1.81. The van der Waals surface area contributed by atoms with Crippen LogP contribution in [0.15, 0.2) is 22.9 Å². The minimum Gasteiger partial charge on any atom is -0.481 e. The number of nitrogens with one attached hydrogen (secondary N) is 1. The zero-order valence-electron chi connectivity index (χ0n) is 11.7. The maximum absolute atomic E-state index is 11.4. The molecule has 1 N–H and O–H groups in total. The Balaban J connectivity index is 1.81. The SMILES string of the molecule is Cc1cscc1CCc1cc(C)c2c(c1)NC(=O)CO2. The van der Waals surface area contributed by atoms with Crippen molar-refractivity contribution in [2.24, 2.45) is 0 Å². The minimum absolute atomic E-state index is 0.0808. The third kappa shape index (κ3) is 2.56. The smallest absolute Gasteiger partial charge is 0.262 e. The van der Waals surface area contributed by atoms with Crippen LogP contribution < -0.4 is 10.1 Å². The van der Waals surface area contributed by atoms with Crippen LogP contribution in [-0.4, -0.2) is 12.5 Å². The lowest BCUT2D eigenvalue weighted by Gasteiger charge is -2.20. The number of rotatable bonds is 3. The molecule has 0 atom stereocenters. The number of ether oxygens (including phenoxy) is 1. The van der Waals surface area contributed by atoms with Crippen LogP contribution in [0.2, 0.25) is 0 Å².